The van der Waals surface area contributed by atoms with Gasteiger partial charge in [0.25, 0.3) is 0 Å². The molecular weight excluding hydrogens is 280 g/mol. The van der Waals surface area contributed by atoms with Gasteiger partial charge in [0, 0.05) is 10.9 Å². The fourth-order valence-electron chi connectivity index (χ4n) is 2.05. The maximum Gasteiger partial charge on any atom is 0.149 e. The van der Waals surface area contributed by atoms with Crippen molar-refractivity contribution in [2.24, 2.45) is 0 Å². The van der Waals surface area contributed by atoms with E-state index in [0.29, 0.717) is 0 Å². The van der Waals surface area contributed by atoms with Crippen molar-refractivity contribution in [1.82, 2.24) is 15.2 Å². The predicted octanol–water partition coefficient (Wildman–Crippen LogP) is 4.08. The van der Waals surface area contributed by atoms with Gasteiger partial charge in [-0.05, 0) is 26.0 Å². The molecular formula is C16H16N4S. The largest absolute Gasteiger partial charge is 0.360 e. The number of anilines is 1. The first-order chi connectivity index (χ1) is 10.2. The Hall–Kier alpha value is -2.27. The molecule has 5 heteroatoms. The van der Waals surface area contributed by atoms with Crippen molar-refractivity contribution in [3.63, 3.8) is 0 Å². The lowest BCUT2D eigenvalue weighted by atomic mass is 10.1. The Morgan fingerprint density at radius 3 is 2.48 bits per heavy atom. The van der Waals surface area contributed by atoms with Crippen molar-refractivity contribution in [2.75, 3.05) is 5.32 Å². The third-order valence-corrected chi connectivity index (χ3v) is 3.97. The summed E-state index contributed by atoms with van der Waals surface area (Å²) in [5.74, 6) is 0.757. The highest BCUT2D eigenvalue weighted by Gasteiger charge is 2.09. The molecule has 1 aromatic carbocycles. The lowest BCUT2D eigenvalue weighted by Gasteiger charge is -2.11. The van der Waals surface area contributed by atoms with Crippen molar-refractivity contribution in [1.29, 1.82) is 0 Å². The summed E-state index contributed by atoms with van der Waals surface area (Å²) >= 11 is 1.66. The average molecular weight is 296 g/mol. The molecule has 3 aromatic rings. The van der Waals surface area contributed by atoms with E-state index in [4.69, 9.17) is 0 Å². The van der Waals surface area contributed by atoms with Crippen LogP contribution in [0.5, 0.6) is 0 Å². The summed E-state index contributed by atoms with van der Waals surface area (Å²) in [5, 5.41) is 15.0. The molecule has 0 saturated heterocycles. The van der Waals surface area contributed by atoms with Gasteiger partial charge in [0.05, 0.1) is 22.4 Å². The van der Waals surface area contributed by atoms with Crippen LogP contribution in [-0.2, 0) is 0 Å². The lowest BCUT2D eigenvalue weighted by Crippen LogP contribution is -2.09. The van der Waals surface area contributed by atoms with Gasteiger partial charge >= 0.3 is 0 Å². The van der Waals surface area contributed by atoms with Crippen molar-refractivity contribution in [3.8, 4) is 11.3 Å². The fraction of sp³-hybridized carbons (Fsp3) is 0.188. The number of benzene rings is 1. The van der Waals surface area contributed by atoms with Gasteiger partial charge in [-0.25, -0.2) is 4.98 Å². The van der Waals surface area contributed by atoms with Crippen molar-refractivity contribution >= 4 is 17.2 Å². The number of aryl methyl sites for hydroxylation is 1. The highest BCUT2D eigenvalue weighted by atomic mass is 32.1. The van der Waals surface area contributed by atoms with Crippen LogP contribution in [0.2, 0.25) is 0 Å². The summed E-state index contributed by atoms with van der Waals surface area (Å²) in [6, 6.07) is 14.1. The Bertz CT molecular complexity index is 707. The number of hydrogen-bond donors (Lipinski definition) is 1. The minimum absolute atomic E-state index is 0.117. The molecule has 3 rings (SSSR count). The molecule has 1 unspecified atom stereocenters. The lowest BCUT2D eigenvalue weighted by molar-refractivity contribution is 0.829. The summed E-state index contributed by atoms with van der Waals surface area (Å²) in [7, 11) is 0. The normalized spacial score (nSPS) is 12.1. The minimum atomic E-state index is 0.117. The molecule has 0 amide bonds. The molecule has 0 spiro atoms. The third kappa shape index (κ3) is 3.25. The number of thiazole rings is 1. The van der Waals surface area contributed by atoms with Gasteiger partial charge in [-0.15, -0.1) is 21.5 Å². The molecule has 0 aliphatic heterocycles. The van der Waals surface area contributed by atoms with E-state index in [0.717, 1.165) is 27.8 Å². The second-order valence-electron chi connectivity index (χ2n) is 4.83. The van der Waals surface area contributed by atoms with Crippen molar-refractivity contribution < 1.29 is 0 Å². The summed E-state index contributed by atoms with van der Waals surface area (Å²) in [4.78, 5) is 4.48. The van der Waals surface area contributed by atoms with Crippen LogP contribution in [0.25, 0.3) is 11.3 Å². The zero-order valence-electron chi connectivity index (χ0n) is 11.9. The topological polar surface area (TPSA) is 50.7 Å². The Balaban J connectivity index is 1.73. The Kier molecular flexibility index (Phi) is 3.92. The molecule has 1 N–H and O–H groups in total. The fourth-order valence-corrected chi connectivity index (χ4v) is 2.75. The standard InChI is InChI=1S/C16H16N4S/c1-11(15-10-21-12(2)18-15)17-16-9-8-14(19-20-16)13-6-4-3-5-7-13/h3-11H,1-2H3,(H,17,20). The quantitative estimate of drug-likeness (QED) is 0.788. The SMILES string of the molecule is Cc1nc(C(C)Nc2ccc(-c3ccccc3)nn2)cs1. The average Bonchev–Trinajstić information content (AvgIpc) is 2.96. The number of hydrogen-bond acceptors (Lipinski definition) is 5. The summed E-state index contributed by atoms with van der Waals surface area (Å²) in [5.41, 5.74) is 2.98. The van der Waals surface area contributed by atoms with Crippen LogP contribution in [0.1, 0.15) is 23.7 Å². The van der Waals surface area contributed by atoms with Gasteiger partial charge in [-0.3, -0.25) is 0 Å². The van der Waals surface area contributed by atoms with Gasteiger partial charge in [-0.2, -0.15) is 0 Å². The molecule has 1 atom stereocenters. The van der Waals surface area contributed by atoms with Crippen LogP contribution < -0.4 is 5.32 Å². The van der Waals surface area contributed by atoms with E-state index in [2.05, 4.69) is 32.8 Å². The molecule has 0 radical (unpaired) electrons. The van der Waals surface area contributed by atoms with Crippen LogP contribution in [0.3, 0.4) is 0 Å². The van der Waals surface area contributed by atoms with E-state index in [1.165, 1.54) is 0 Å². The van der Waals surface area contributed by atoms with E-state index < -0.39 is 0 Å². The van der Waals surface area contributed by atoms with Gasteiger partial charge in [0.15, 0.2) is 0 Å². The molecule has 4 nitrogen and oxygen atoms in total. The molecule has 2 aromatic heterocycles. The molecule has 106 valence electrons. The Morgan fingerprint density at radius 2 is 1.86 bits per heavy atom. The number of nitrogens with zero attached hydrogens (tertiary/aromatic N) is 3. The third-order valence-electron chi connectivity index (χ3n) is 3.18. The first kappa shape index (κ1) is 13.7. The van der Waals surface area contributed by atoms with Crippen LogP contribution in [0, 0.1) is 6.92 Å². The molecule has 0 bridgehead atoms. The maximum absolute atomic E-state index is 4.48. The van der Waals surface area contributed by atoms with E-state index in [9.17, 15) is 0 Å². The predicted molar refractivity (Wildman–Crippen MR) is 86.4 cm³/mol. The van der Waals surface area contributed by atoms with Crippen LogP contribution in [0.15, 0.2) is 47.8 Å². The second-order valence-corrected chi connectivity index (χ2v) is 5.89. The number of rotatable bonds is 4. The van der Waals surface area contributed by atoms with Crippen molar-refractivity contribution in [3.05, 3.63) is 58.5 Å². The molecule has 0 aliphatic rings. The van der Waals surface area contributed by atoms with Gasteiger partial charge in [0.2, 0.25) is 0 Å². The molecule has 21 heavy (non-hydrogen) atoms. The number of nitrogens with one attached hydrogen (secondary N) is 1. The highest BCUT2D eigenvalue weighted by molar-refractivity contribution is 7.09. The summed E-state index contributed by atoms with van der Waals surface area (Å²) < 4.78 is 0. The Morgan fingerprint density at radius 1 is 1.05 bits per heavy atom. The van der Waals surface area contributed by atoms with E-state index in [-0.39, 0.29) is 6.04 Å². The molecule has 0 saturated carbocycles. The van der Waals surface area contributed by atoms with Gasteiger partial charge < -0.3 is 5.32 Å². The van der Waals surface area contributed by atoms with E-state index >= 15 is 0 Å². The first-order valence-corrected chi connectivity index (χ1v) is 7.68. The van der Waals surface area contributed by atoms with Crippen LogP contribution in [0.4, 0.5) is 5.82 Å². The molecule has 2 heterocycles. The van der Waals surface area contributed by atoms with Crippen LogP contribution in [-0.4, -0.2) is 15.2 Å². The smallest absolute Gasteiger partial charge is 0.149 e. The zero-order valence-corrected chi connectivity index (χ0v) is 12.8. The summed E-state index contributed by atoms with van der Waals surface area (Å²) in [6.45, 7) is 4.08. The van der Waals surface area contributed by atoms with E-state index in [1.54, 1.807) is 11.3 Å². The summed E-state index contributed by atoms with van der Waals surface area (Å²) in [6.07, 6.45) is 0. The van der Waals surface area contributed by atoms with Gasteiger partial charge in [-0.1, -0.05) is 30.3 Å². The molecule has 0 fully saturated rings. The minimum Gasteiger partial charge on any atom is -0.360 e. The molecule has 0 aliphatic carbocycles. The van der Waals surface area contributed by atoms with Crippen molar-refractivity contribution in [2.45, 2.75) is 19.9 Å². The first-order valence-electron chi connectivity index (χ1n) is 6.80. The maximum atomic E-state index is 4.48. The second kappa shape index (κ2) is 6.01. The number of aromatic nitrogens is 3. The zero-order chi connectivity index (χ0) is 14.7. The van der Waals surface area contributed by atoms with Gasteiger partial charge in [0.1, 0.15) is 5.82 Å². The Labute approximate surface area is 127 Å². The monoisotopic (exact) mass is 296 g/mol. The van der Waals surface area contributed by atoms with E-state index in [1.807, 2.05) is 49.4 Å². The highest BCUT2D eigenvalue weighted by Crippen LogP contribution is 2.21. The van der Waals surface area contributed by atoms with Crippen LogP contribution >= 0.6 is 11.3 Å².